The number of hydrogen-bond acceptors (Lipinski definition) is 2. The topological polar surface area (TPSA) is 54.7 Å². The Morgan fingerprint density at radius 3 is 2.89 bits per heavy atom. The molecule has 0 aliphatic heterocycles. The molecule has 0 saturated carbocycles. The first kappa shape index (κ1) is 11.9. The fraction of sp³-hybridized carbons (Fsp3) is 0.188. The van der Waals surface area contributed by atoms with Crippen LogP contribution in [-0.4, -0.2) is 9.97 Å². The van der Waals surface area contributed by atoms with Crippen molar-refractivity contribution in [1.29, 1.82) is 0 Å². The molecule has 0 amide bonds. The first-order chi connectivity index (χ1) is 9.34. The van der Waals surface area contributed by atoms with Crippen LogP contribution in [-0.2, 0) is 6.42 Å². The molecule has 0 aliphatic rings. The van der Waals surface area contributed by atoms with Crippen LogP contribution < -0.4 is 5.73 Å². The lowest BCUT2D eigenvalue weighted by Crippen LogP contribution is -2.11. The quantitative estimate of drug-likeness (QED) is 0.748. The van der Waals surface area contributed by atoms with Crippen LogP contribution in [0.5, 0.6) is 0 Å². The summed E-state index contributed by atoms with van der Waals surface area (Å²) in [5.74, 6) is 0. The number of aryl methyl sites for hydroxylation is 1. The highest BCUT2D eigenvalue weighted by Gasteiger charge is 2.08. The zero-order valence-corrected chi connectivity index (χ0v) is 10.7. The van der Waals surface area contributed by atoms with Crippen molar-refractivity contribution >= 4 is 10.9 Å². The number of pyridine rings is 1. The summed E-state index contributed by atoms with van der Waals surface area (Å²) in [6.45, 7) is 0. The first-order valence-electron chi connectivity index (χ1n) is 6.55. The van der Waals surface area contributed by atoms with E-state index in [1.165, 1.54) is 16.5 Å². The van der Waals surface area contributed by atoms with Gasteiger partial charge in [0.15, 0.2) is 0 Å². The summed E-state index contributed by atoms with van der Waals surface area (Å²) in [5, 5.41) is 1.29. The zero-order valence-electron chi connectivity index (χ0n) is 10.7. The van der Waals surface area contributed by atoms with Gasteiger partial charge in [-0.25, -0.2) is 0 Å². The van der Waals surface area contributed by atoms with E-state index in [0.717, 1.165) is 18.4 Å². The number of nitrogens with one attached hydrogen (secondary N) is 1. The fourth-order valence-electron chi connectivity index (χ4n) is 2.41. The summed E-state index contributed by atoms with van der Waals surface area (Å²) >= 11 is 0. The highest BCUT2D eigenvalue weighted by Crippen LogP contribution is 2.22. The van der Waals surface area contributed by atoms with Crippen LogP contribution in [0.1, 0.15) is 23.6 Å². The molecular weight excluding hydrogens is 234 g/mol. The summed E-state index contributed by atoms with van der Waals surface area (Å²) in [5.41, 5.74) is 9.82. The van der Waals surface area contributed by atoms with Gasteiger partial charge in [0, 0.05) is 35.5 Å². The van der Waals surface area contributed by atoms with E-state index in [-0.39, 0.29) is 6.04 Å². The Labute approximate surface area is 112 Å². The van der Waals surface area contributed by atoms with Crippen molar-refractivity contribution in [2.24, 2.45) is 5.73 Å². The van der Waals surface area contributed by atoms with E-state index in [0.29, 0.717) is 0 Å². The average molecular weight is 251 g/mol. The van der Waals surface area contributed by atoms with Crippen molar-refractivity contribution < 1.29 is 0 Å². The lowest BCUT2D eigenvalue weighted by Gasteiger charge is -2.10. The largest absolute Gasteiger partial charge is 0.361 e. The molecule has 0 aliphatic carbocycles. The van der Waals surface area contributed by atoms with Gasteiger partial charge in [0.25, 0.3) is 0 Å². The van der Waals surface area contributed by atoms with Crippen LogP contribution in [0.15, 0.2) is 55.0 Å². The Bertz CT molecular complexity index is 658. The summed E-state index contributed by atoms with van der Waals surface area (Å²) in [6.07, 6.45) is 7.60. The minimum absolute atomic E-state index is 0.0439. The minimum Gasteiger partial charge on any atom is -0.361 e. The van der Waals surface area contributed by atoms with Crippen LogP contribution in [0.25, 0.3) is 10.9 Å². The van der Waals surface area contributed by atoms with Crippen LogP contribution in [0.4, 0.5) is 0 Å². The van der Waals surface area contributed by atoms with Gasteiger partial charge in [-0.15, -0.1) is 0 Å². The molecule has 0 radical (unpaired) electrons. The summed E-state index contributed by atoms with van der Waals surface area (Å²) in [6, 6.07) is 12.4. The van der Waals surface area contributed by atoms with Crippen molar-refractivity contribution in [3.8, 4) is 0 Å². The molecule has 2 heterocycles. The smallest absolute Gasteiger partial charge is 0.0456 e. The van der Waals surface area contributed by atoms with E-state index in [1.54, 1.807) is 6.20 Å². The number of nitrogens with two attached hydrogens (primary N) is 1. The highest BCUT2D eigenvalue weighted by molar-refractivity contribution is 5.82. The predicted molar refractivity (Wildman–Crippen MR) is 77.8 cm³/mol. The third kappa shape index (κ3) is 2.51. The van der Waals surface area contributed by atoms with Gasteiger partial charge in [0.05, 0.1) is 0 Å². The third-order valence-electron chi connectivity index (χ3n) is 3.51. The van der Waals surface area contributed by atoms with E-state index in [1.807, 2.05) is 24.4 Å². The molecule has 1 aromatic carbocycles. The van der Waals surface area contributed by atoms with Crippen LogP contribution in [0.3, 0.4) is 0 Å². The van der Waals surface area contributed by atoms with Gasteiger partial charge in [0.1, 0.15) is 0 Å². The van der Waals surface area contributed by atoms with Crippen molar-refractivity contribution in [1.82, 2.24) is 9.97 Å². The Morgan fingerprint density at radius 2 is 2.05 bits per heavy atom. The number of fused-ring (bicyclic) bond motifs is 1. The number of nitrogens with zero attached hydrogens (tertiary/aromatic N) is 1. The van der Waals surface area contributed by atoms with Crippen molar-refractivity contribution in [2.75, 3.05) is 0 Å². The number of para-hydroxylation sites is 1. The molecule has 3 aromatic rings. The number of hydrogen-bond donors (Lipinski definition) is 2. The Hall–Kier alpha value is -2.13. The molecule has 3 N–H and O–H groups in total. The second kappa shape index (κ2) is 5.24. The van der Waals surface area contributed by atoms with Gasteiger partial charge in [0.2, 0.25) is 0 Å². The van der Waals surface area contributed by atoms with Crippen LogP contribution in [0, 0.1) is 0 Å². The number of H-pyrrole nitrogens is 1. The molecular formula is C16H17N3. The second-order valence-electron chi connectivity index (χ2n) is 4.79. The molecule has 2 aromatic heterocycles. The third-order valence-corrected chi connectivity index (χ3v) is 3.51. The predicted octanol–water partition coefficient (Wildman–Crippen LogP) is 3.20. The summed E-state index contributed by atoms with van der Waals surface area (Å²) < 4.78 is 0. The Kier molecular flexibility index (Phi) is 3.29. The van der Waals surface area contributed by atoms with Gasteiger partial charge >= 0.3 is 0 Å². The van der Waals surface area contributed by atoms with Crippen molar-refractivity contribution in [3.05, 3.63) is 66.1 Å². The Balaban J connectivity index is 1.73. The zero-order chi connectivity index (χ0) is 13.1. The molecule has 96 valence electrons. The van der Waals surface area contributed by atoms with Crippen molar-refractivity contribution in [3.63, 3.8) is 0 Å². The number of aromatic nitrogens is 2. The van der Waals surface area contributed by atoms with Crippen molar-refractivity contribution in [2.45, 2.75) is 18.9 Å². The van der Waals surface area contributed by atoms with E-state index in [2.05, 4.69) is 34.4 Å². The standard InChI is InChI=1S/C16H17N3/c17-15(13-4-3-9-18-10-13)8-7-12-11-19-16-6-2-1-5-14(12)16/h1-6,9-11,15,19H,7-8,17H2. The van der Waals surface area contributed by atoms with E-state index < -0.39 is 0 Å². The van der Waals surface area contributed by atoms with Gasteiger partial charge < -0.3 is 10.7 Å². The second-order valence-corrected chi connectivity index (χ2v) is 4.79. The molecule has 0 spiro atoms. The summed E-state index contributed by atoms with van der Waals surface area (Å²) in [7, 11) is 0. The normalized spacial score (nSPS) is 12.7. The maximum atomic E-state index is 6.21. The van der Waals surface area contributed by atoms with Crippen LogP contribution in [0.2, 0.25) is 0 Å². The Morgan fingerprint density at radius 1 is 1.16 bits per heavy atom. The molecule has 0 saturated heterocycles. The summed E-state index contributed by atoms with van der Waals surface area (Å²) in [4.78, 5) is 7.41. The minimum atomic E-state index is 0.0439. The number of aromatic amines is 1. The molecule has 3 nitrogen and oxygen atoms in total. The van der Waals surface area contributed by atoms with Crippen LogP contribution >= 0.6 is 0 Å². The van der Waals surface area contributed by atoms with E-state index >= 15 is 0 Å². The molecule has 1 atom stereocenters. The van der Waals surface area contributed by atoms with E-state index in [9.17, 15) is 0 Å². The molecule has 0 fully saturated rings. The molecule has 1 unspecified atom stereocenters. The van der Waals surface area contributed by atoms with E-state index in [4.69, 9.17) is 5.73 Å². The molecule has 0 bridgehead atoms. The maximum Gasteiger partial charge on any atom is 0.0456 e. The van der Waals surface area contributed by atoms with Gasteiger partial charge in [-0.05, 0) is 36.1 Å². The highest BCUT2D eigenvalue weighted by atomic mass is 14.7. The lowest BCUT2D eigenvalue weighted by atomic mass is 10.0. The maximum absolute atomic E-state index is 6.21. The molecule has 3 rings (SSSR count). The lowest BCUT2D eigenvalue weighted by molar-refractivity contribution is 0.650. The average Bonchev–Trinajstić information content (AvgIpc) is 2.89. The molecule has 3 heteroatoms. The first-order valence-corrected chi connectivity index (χ1v) is 6.55. The van der Waals surface area contributed by atoms with Gasteiger partial charge in [-0.3, -0.25) is 4.98 Å². The monoisotopic (exact) mass is 251 g/mol. The van der Waals surface area contributed by atoms with Gasteiger partial charge in [-0.1, -0.05) is 24.3 Å². The fourth-order valence-corrected chi connectivity index (χ4v) is 2.41. The number of rotatable bonds is 4. The number of benzene rings is 1. The molecule has 19 heavy (non-hydrogen) atoms. The SMILES string of the molecule is NC(CCc1c[nH]c2ccccc12)c1cccnc1. The van der Waals surface area contributed by atoms with Gasteiger partial charge in [-0.2, -0.15) is 0 Å².